The minimum absolute atomic E-state index is 0.0393. The van der Waals surface area contributed by atoms with Gasteiger partial charge in [-0.05, 0) is 66.2 Å². The number of carbonyl (C=O) groups is 2. The number of hydrogen-bond acceptors (Lipinski definition) is 5. The molecule has 3 rings (SSSR count). The summed E-state index contributed by atoms with van der Waals surface area (Å²) in [4.78, 5) is 24.5. The molecule has 0 fully saturated rings. The van der Waals surface area contributed by atoms with Crippen molar-refractivity contribution < 1.29 is 19.1 Å². The van der Waals surface area contributed by atoms with Crippen molar-refractivity contribution in [2.75, 3.05) is 24.4 Å². The van der Waals surface area contributed by atoms with Crippen LogP contribution in [0, 0.1) is 11.3 Å². The third kappa shape index (κ3) is 7.23. The van der Waals surface area contributed by atoms with Crippen molar-refractivity contribution in [1.29, 1.82) is 5.26 Å². The highest BCUT2D eigenvalue weighted by atomic mass is 79.9. The maximum absolute atomic E-state index is 12.4. The molecule has 0 aliphatic heterocycles. The van der Waals surface area contributed by atoms with E-state index in [1.807, 2.05) is 12.1 Å². The molecular formula is C25H20BrN3O4. The normalized spacial score (nSPS) is 10.6. The quantitative estimate of drug-likeness (QED) is 0.330. The lowest BCUT2D eigenvalue weighted by Crippen LogP contribution is -2.20. The summed E-state index contributed by atoms with van der Waals surface area (Å²) in [6.45, 7) is -0.167. The third-order valence-corrected chi connectivity index (χ3v) is 4.88. The van der Waals surface area contributed by atoms with Gasteiger partial charge in [-0.3, -0.25) is 9.59 Å². The molecular weight excluding hydrogens is 486 g/mol. The SMILES string of the molecule is COc1ccc(NC(=O)COc2ccc(/C=C(\C#N)C(=O)Nc3cccc(Br)c3)cc2)cc1. The van der Waals surface area contributed by atoms with Gasteiger partial charge in [0.05, 0.1) is 7.11 Å². The van der Waals surface area contributed by atoms with Crippen LogP contribution in [0.15, 0.2) is 82.8 Å². The number of nitrogens with zero attached hydrogens (tertiary/aromatic N) is 1. The van der Waals surface area contributed by atoms with Crippen molar-refractivity contribution >= 4 is 45.2 Å². The van der Waals surface area contributed by atoms with E-state index >= 15 is 0 Å². The highest BCUT2D eigenvalue weighted by Crippen LogP contribution is 2.19. The summed E-state index contributed by atoms with van der Waals surface area (Å²) in [5, 5.41) is 14.8. The Morgan fingerprint density at radius 3 is 2.30 bits per heavy atom. The average molecular weight is 506 g/mol. The molecule has 0 unspecified atom stereocenters. The van der Waals surface area contributed by atoms with Gasteiger partial charge in [-0.1, -0.05) is 34.1 Å². The van der Waals surface area contributed by atoms with Gasteiger partial charge in [0.15, 0.2) is 6.61 Å². The monoisotopic (exact) mass is 505 g/mol. The Morgan fingerprint density at radius 2 is 1.67 bits per heavy atom. The standard InChI is InChI=1S/C25H20BrN3O4/c1-32-22-11-7-20(8-12-22)28-24(30)16-33-23-9-5-17(6-10-23)13-18(15-27)25(31)29-21-4-2-3-19(26)14-21/h2-14H,16H2,1H3,(H,28,30)(H,29,31)/b18-13+. The van der Waals surface area contributed by atoms with Gasteiger partial charge in [0.2, 0.25) is 0 Å². The summed E-state index contributed by atoms with van der Waals surface area (Å²) in [6, 6.07) is 22.7. The molecule has 8 heteroatoms. The van der Waals surface area contributed by atoms with Crippen molar-refractivity contribution in [2.45, 2.75) is 0 Å². The molecule has 7 nitrogen and oxygen atoms in total. The molecule has 166 valence electrons. The van der Waals surface area contributed by atoms with Crippen molar-refractivity contribution in [3.8, 4) is 17.6 Å². The number of nitrogens with one attached hydrogen (secondary N) is 2. The van der Waals surface area contributed by atoms with Gasteiger partial charge in [0, 0.05) is 15.8 Å². The lowest BCUT2D eigenvalue weighted by molar-refractivity contribution is -0.118. The molecule has 0 heterocycles. The second kappa shape index (κ2) is 11.5. The van der Waals surface area contributed by atoms with Crippen LogP contribution in [-0.4, -0.2) is 25.5 Å². The van der Waals surface area contributed by atoms with Crippen LogP contribution in [-0.2, 0) is 9.59 Å². The van der Waals surface area contributed by atoms with Crippen molar-refractivity contribution in [3.05, 3.63) is 88.4 Å². The first-order valence-electron chi connectivity index (χ1n) is 9.82. The molecule has 0 aliphatic carbocycles. The molecule has 0 saturated carbocycles. The zero-order chi connectivity index (χ0) is 23.6. The Hall–Kier alpha value is -4.09. The number of nitriles is 1. The Balaban J connectivity index is 1.55. The van der Waals surface area contributed by atoms with Crippen LogP contribution >= 0.6 is 15.9 Å². The number of halogens is 1. The largest absolute Gasteiger partial charge is 0.497 e. The summed E-state index contributed by atoms with van der Waals surface area (Å²) in [7, 11) is 1.57. The van der Waals surface area contributed by atoms with Crippen LogP contribution in [0.25, 0.3) is 6.08 Å². The highest BCUT2D eigenvalue weighted by Gasteiger charge is 2.10. The van der Waals surface area contributed by atoms with Crippen LogP contribution in [0.2, 0.25) is 0 Å². The number of ether oxygens (including phenoxy) is 2. The van der Waals surface area contributed by atoms with E-state index in [4.69, 9.17) is 9.47 Å². The van der Waals surface area contributed by atoms with Crippen LogP contribution in [0.3, 0.4) is 0 Å². The van der Waals surface area contributed by atoms with Crippen molar-refractivity contribution in [3.63, 3.8) is 0 Å². The summed E-state index contributed by atoms with van der Waals surface area (Å²) < 4.78 is 11.4. The molecule has 0 saturated heterocycles. The van der Waals surface area contributed by atoms with Crippen LogP contribution in [0.4, 0.5) is 11.4 Å². The topological polar surface area (TPSA) is 100 Å². The van der Waals surface area contributed by atoms with Crippen LogP contribution < -0.4 is 20.1 Å². The molecule has 2 N–H and O–H groups in total. The van der Waals surface area contributed by atoms with E-state index < -0.39 is 5.91 Å². The third-order valence-electron chi connectivity index (χ3n) is 4.38. The number of carbonyl (C=O) groups excluding carboxylic acids is 2. The zero-order valence-corrected chi connectivity index (χ0v) is 19.3. The Labute approximate surface area is 199 Å². The van der Waals surface area contributed by atoms with Gasteiger partial charge in [-0.15, -0.1) is 0 Å². The lowest BCUT2D eigenvalue weighted by Gasteiger charge is -2.08. The molecule has 0 spiro atoms. The fourth-order valence-corrected chi connectivity index (χ4v) is 3.16. The van der Waals surface area contributed by atoms with Crippen LogP contribution in [0.5, 0.6) is 11.5 Å². The Bertz CT molecular complexity index is 1200. The maximum Gasteiger partial charge on any atom is 0.266 e. The summed E-state index contributed by atoms with van der Waals surface area (Å²) in [5.74, 6) is 0.365. The Kier molecular flexibility index (Phi) is 8.22. The van der Waals surface area contributed by atoms with Gasteiger partial charge < -0.3 is 20.1 Å². The van der Waals surface area contributed by atoms with E-state index in [1.54, 1.807) is 73.8 Å². The maximum atomic E-state index is 12.4. The van der Waals surface area contributed by atoms with E-state index in [0.29, 0.717) is 28.4 Å². The molecule has 0 bridgehead atoms. The molecule has 3 aromatic carbocycles. The smallest absolute Gasteiger partial charge is 0.266 e. The van der Waals surface area contributed by atoms with E-state index in [1.165, 1.54) is 6.08 Å². The minimum Gasteiger partial charge on any atom is -0.497 e. The Morgan fingerprint density at radius 1 is 0.970 bits per heavy atom. The van der Waals surface area contributed by atoms with E-state index in [9.17, 15) is 14.9 Å². The fourth-order valence-electron chi connectivity index (χ4n) is 2.76. The van der Waals surface area contributed by atoms with E-state index in [2.05, 4.69) is 26.6 Å². The predicted molar refractivity (Wildman–Crippen MR) is 130 cm³/mol. The molecule has 2 amide bonds. The molecule has 0 radical (unpaired) electrons. The number of anilines is 2. The van der Waals surface area contributed by atoms with Gasteiger partial charge in [-0.2, -0.15) is 5.26 Å². The molecule has 0 atom stereocenters. The second-order valence-electron chi connectivity index (χ2n) is 6.77. The van der Waals surface area contributed by atoms with Crippen molar-refractivity contribution in [1.82, 2.24) is 0 Å². The molecule has 0 aromatic heterocycles. The first kappa shape index (κ1) is 23.6. The van der Waals surface area contributed by atoms with Gasteiger partial charge in [0.25, 0.3) is 11.8 Å². The summed E-state index contributed by atoms with van der Waals surface area (Å²) in [5.41, 5.74) is 1.82. The zero-order valence-electron chi connectivity index (χ0n) is 17.7. The van der Waals surface area contributed by atoms with Gasteiger partial charge >= 0.3 is 0 Å². The number of rotatable bonds is 8. The molecule has 3 aromatic rings. The van der Waals surface area contributed by atoms with E-state index in [0.717, 1.165) is 4.47 Å². The fraction of sp³-hybridized carbons (Fsp3) is 0.0800. The number of benzene rings is 3. The van der Waals surface area contributed by atoms with Gasteiger partial charge in [0.1, 0.15) is 23.1 Å². The average Bonchev–Trinajstić information content (AvgIpc) is 2.82. The number of amides is 2. The molecule has 33 heavy (non-hydrogen) atoms. The minimum atomic E-state index is -0.508. The first-order chi connectivity index (χ1) is 16.0. The van der Waals surface area contributed by atoms with Crippen molar-refractivity contribution in [2.24, 2.45) is 0 Å². The van der Waals surface area contributed by atoms with E-state index in [-0.39, 0.29) is 18.1 Å². The highest BCUT2D eigenvalue weighted by molar-refractivity contribution is 9.10. The summed E-state index contributed by atoms with van der Waals surface area (Å²) in [6.07, 6.45) is 1.48. The number of methoxy groups -OCH3 is 1. The van der Waals surface area contributed by atoms with Gasteiger partial charge in [-0.25, -0.2) is 0 Å². The predicted octanol–water partition coefficient (Wildman–Crippen LogP) is 5.02. The first-order valence-corrected chi connectivity index (χ1v) is 10.6. The van der Waals surface area contributed by atoms with Crippen LogP contribution in [0.1, 0.15) is 5.56 Å². The lowest BCUT2D eigenvalue weighted by atomic mass is 10.1. The summed E-state index contributed by atoms with van der Waals surface area (Å²) >= 11 is 3.34. The number of hydrogen-bond donors (Lipinski definition) is 2. The molecule has 0 aliphatic rings. The second-order valence-corrected chi connectivity index (χ2v) is 7.68.